The Morgan fingerprint density at radius 2 is 2.11 bits per heavy atom. The highest BCUT2D eigenvalue weighted by Gasteiger charge is 2.13. The van der Waals surface area contributed by atoms with Crippen molar-refractivity contribution in [2.45, 2.75) is 13.3 Å². The van der Waals surface area contributed by atoms with Gasteiger partial charge < -0.3 is 15.1 Å². The summed E-state index contributed by atoms with van der Waals surface area (Å²) in [5.41, 5.74) is 0. The summed E-state index contributed by atoms with van der Waals surface area (Å²) in [6.07, 6.45) is 0.978. The molecule has 18 heavy (non-hydrogen) atoms. The molecule has 0 saturated heterocycles. The molecule has 0 spiro atoms. The van der Waals surface area contributed by atoms with Crippen molar-refractivity contribution < 1.29 is 4.79 Å². The standard InChI is InChI=1S/C13H22N4O/c1-5-9-17(10-13(18)16(3)4)12-8-6-7-11(14-2)15-12/h6-8H,5,9-10H2,1-4H3,(H,14,15). The van der Waals surface area contributed by atoms with E-state index in [1.807, 2.05) is 30.1 Å². The second-order valence-corrected chi connectivity index (χ2v) is 4.34. The SMILES string of the molecule is CCCN(CC(=O)N(C)C)c1cccc(NC)n1. The van der Waals surface area contributed by atoms with Crippen molar-refractivity contribution in [1.29, 1.82) is 0 Å². The normalized spacial score (nSPS) is 10.0. The van der Waals surface area contributed by atoms with Gasteiger partial charge in [0, 0.05) is 27.7 Å². The number of amides is 1. The molecule has 0 aromatic carbocycles. The van der Waals surface area contributed by atoms with E-state index in [1.165, 1.54) is 0 Å². The van der Waals surface area contributed by atoms with Crippen molar-refractivity contribution >= 4 is 17.5 Å². The minimum Gasteiger partial charge on any atom is -0.373 e. The summed E-state index contributed by atoms with van der Waals surface area (Å²) in [6.45, 7) is 3.27. The molecule has 0 aliphatic heterocycles. The van der Waals surface area contributed by atoms with Gasteiger partial charge in [0.15, 0.2) is 0 Å². The summed E-state index contributed by atoms with van der Waals surface area (Å²) in [4.78, 5) is 19.9. The lowest BCUT2D eigenvalue weighted by Crippen LogP contribution is -2.37. The van der Waals surface area contributed by atoms with Gasteiger partial charge >= 0.3 is 0 Å². The molecule has 0 atom stereocenters. The quantitative estimate of drug-likeness (QED) is 0.829. The van der Waals surface area contributed by atoms with Crippen LogP contribution in [0.5, 0.6) is 0 Å². The predicted octanol–water partition coefficient (Wildman–Crippen LogP) is 1.43. The van der Waals surface area contributed by atoms with E-state index in [9.17, 15) is 4.79 Å². The molecule has 0 radical (unpaired) electrons. The van der Waals surface area contributed by atoms with Gasteiger partial charge in [-0.1, -0.05) is 13.0 Å². The number of likely N-dealkylation sites (N-methyl/N-ethyl adjacent to an activating group) is 1. The van der Waals surface area contributed by atoms with Crippen molar-refractivity contribution in [3.8, 4) is 0 Å². The zero-order chi connectivity index (χ0) is 13.5. The van der Waals surface area contributed by atoms with Gasteiger partial charge in [-0.25, -0.2) is 4.98 Å². The van der Waals surface area contributed by atoms with E-state index in [4.69, 9.17) is 0 Å². The molecule has 0 saturated carbocycles. The molecular formula is C13H22N4O. The van der Waals surface area contributed by atoms with Crippen LogP contribution in [0.2, 0.25) is 0 Å². The van der Waals surface area contributed by atoms with Crippen LogP contribution in [0.15, 0.2) is 18.2 Å². The molecule has 100 valence electrons. The van der Waals surface area contributed by atoms with Crippen LogP contribution in [0.4, 0.5) is 11.6 Å². The maximum Gasteiger partial charge on any atom is 0.241 e. The van der Waals surface area contributed by atoms with Crippen LogP contribution in [-0.2, 0) is 4.79 Å². The van der Waals surface area contributed by atoms with Gasteiger partial charge in [-0.15, -0.1) is 0 Å². The van der Waals surface area contributed by atoms with Gasteiger partial charge in [-0.2, -0.15) is 0 Å². The Kier molecular flexibility index (Phi) is 5.42. The minimum atomic E-state index is 0.0834. The Bertz CT molecular complexity index is 392. The summed E-state index contributed by atoms with van der Waals surface area (Å²) in [5.74, 6) is 1.73. The predicted molar refractivity (Wildman–Crippen MR) is 75.0 cm³/mol. The van der Waals surface area contributed by atoms with Crippen LogP contribution in [0.3, 0.4) is 0 Å². The van der Waals surface area contributed by atoms with Crippen molar-refractivity contribution in [2.75, 3.05) is 44.4 Å². The number of nitrogens with one attached hydrogen (secondary N) is 1. The average Bonchev–Trinajstić information content (AvgIpc) is 2.38. The summed E-state index contributed by atoms with van der Waals surface area (Å²) >= 11 is 0. The number of carbonyl (C=O) groups is 1. The van der Waals surface area contributed by atoms with Gasteiger partial charge in [0.05, 0.1) is 6.54 Å². The van der Waals surface area contributed by atoms with Crippen LogP contribution < -0.4 is 10.2 Å². The largest absolute Gasteiger partial charge is 0.373 e. The minimum absolute atomic E-state index is 0.0834. The Morgan fingerprint density at radius 3 is 2.67 bits per heavy atom. The third kappa shape index (κ3) is 3.91. The van der Waals surface area contributed by atoms with Crippen LogP contribution in [0.1, 0.15) is 13.3 Å². The first-order chi connectivity index (χ1) is 8.58. The molecule has 1 rings (SSSR count). The molecule has 0 aliphatic rings. The molecule has 0 aliphatic carbocycles. The summed E-state index contributed by atoms with van der Waals surface area (Å²) in [6, 6.07) is 5.78. The fraction of sp³-hybridized carbons (Fsp3) is 0.538. The number of nitrogens with zero attached hydrogens (tertiary/aromatic N) is 3. The highest BCUT2D eigenvalue weighted by Crippen LogP contribution is 2.14. The molecule has 0 fully saturated rings. The lowest BCUT2D eigenvalue weighted by Gasteiger charge is -2.24. The van der Waals surface area contributed by atoms with E-state index >= 15 is 0 Å². The van der Waals surface area contributed by atoms with Gasteiger partial charge in [0.1, 0.15) is 11.6 Å². The van der Waals surface area contributed by atoms with E-state index in [1.54, 1.807) is 19.0 Å². The smallest absolute Gasteiger partial charge is 0.241 e. The number of anilines is 2. The maximum absolute atomic E-state index is 11.8. The Morgan fingerprint density at radius 1 is 1.39 bits per heavy atom. The van der Waals surface area contributed by atoms with Crippen LogP contribution >= 0.6 is 0 Å². The third-order valence-electron chi connectivity index (χ3n) is 2.63. The van der Waals surface area contributed by atoms with Crippen LogP contribution in [0.25, 0.3) is 0 Å². The Balaban J connectivity index is 2.85. The summed E-state index contributed by atoms with van der Waals surface area (Å²) in [5, 5.41) is 3.01. The van der Waals surface area contributed by atoms with E-state index < -0.39 is 0 Å². The molecular weight excluding hydrogens is 228 g/mol. The number of carbonyl (C=O) groups excluding carboxylic acids is 1. The third-order valence-corrected chi connectivity index (χ3v) is 2.63. The van der Waals surface area contributed by atoms with Crippen molar-refractivity contribution in [1.82, 2.24) is 9.88 Å². The zero-order valence-electron chi connectivity index (χ0n) is 11.6. The van der Waals surface area contributed by atoms with Crippen molar-refractivity contribution in [2.24, 2.45) is 0 Å². The molecule has 1 aromatic heterocycles. The molecule has 5 nitrogen and oxygen atoms in total. The van der Waals surface area contributed by atoms with Crippen molar-refractivity contribution in [3.05, 3.63) is 18.2 Å². The van der Waals surface area contributed by atoms with Gasteiger partial charge in [0.25, 0.3) is 0 Å². The Labute approximate surface area is 109 Å². The second-order valence-electron chi connectivity index (χ2n) is 4.34. The van der Waals surface area contributed by atoms with Crippen molar-refractivity contribution in [3.63, 3.8) is 0 Å². The van der Waals surface area contributed by atoms with Crippen LogP contribution in [-0.4, -0.2) is 50.0 Å². The molecule has 1 aromatic rings. The van der Waals surface area contributed by atoms with Gasteiger partial charge in [-0.3, -0.25) is 4.79 Å². The highest BCUT2D eigenvalue weighted by atomic mass is 16.2. The molecule has 0 unspecified atom stereocenters. The maximum atomic E-state index is 11.8. The molecule has 1 heterocycles. The summed E-state index contributed by atoms with van der Waals surface area (Å²) in [7, 11) is 5.37. The molecule has 1 N–H and O–H groups in total. The lowest BCUT2D eigenvalue weighted by atomic mass is 10.3. The average molecular weight is 250 g/mol. The van der Waals surface area contributed by atoms with Gasteiger partial charge in [-0.05, 0) is 18.6 Å². The fourth-order valence-corrected chi connectivity index (χ4v) is 1.59. The topological polar surface area (TPSA) is 48.5 Å². The number of hydrogen-bond donors (Lipinski definition) is 1. The Hall–Kier alpha value is -1.78. The van der Waals surface area contributed by atoms with E-state index in [0.29, 0.717) is 6.54 Å². The highest BCUT2D eigenvalue weighted by molar-refractivity contribution is 5.80. The van der Waals surface area contributed by atoms with E-state index in [-0.39, 0.29) is 5.91 Å². The molecule has 1 amide bonds. The zero-order valence-corrected chi connectivity index (χ0v) is 11.6. The molecule has 5 heteroatoms. The number of rotatable bonds is 6. The van der Waals surface area contributed by atoms with E-state index in [2.05, 4.69) is 17.2 Å². The number of pyridine rings is 1. The first kappa shape index (κ1) is 14.3. The second kappa shape index (κ2) is 6.83. The number of hydrogen-bond acceptors (Lipinski definition) is 4. The first-order valence-corrected chi connectivity index (χ1v) is 6.18. The monoisotopic (exact) mass is 250 g/mol. The van der Waals surface area contributed by atoms with Crippen LogP contribution in [0, 0.1) is 0 Å². The molecule has 0 bridgehead atoms. The van der Waals surface area contributed by atoms with E-state index in [0.717, 1.165) is 24.6 Å². The fourth-order valence-electron chi connectivity index (χ4n) is 1.59. The summed E-state index contributed by atoms with van der Waals surface area (Å²) < 4.78 is 0. The number of aromatic nitrogens is 1. The van der Waals surface area contributed by atoms with Gasteiger partial charge in [0.2, 0.25) is 5.91 Å². The first-order valence-electron chi connectivity index (χ1n) is 6.18. The lowest BCUT2D eigenvalue weighted by molar-refractivity contribution is -0.127.